The number of hydrogen-bond donors (Lipinski definition) is 0. The van der Waals surface area contributed by atoms with Gasteiger partial charge in [0.2, 0.25) is 0 Å². The predicted octanol–water partition coefficient (Wildman–Crippen LogP) is 0.580. The SMILES string of the molecule is O=[N+]([O-])C1=CC=COO1. The van der Waals surface area contributed by atoms with E-state index in [0.29, 0.717) is 0 Å². The molecule has 1 heterocycles. The van der Waals surface area contributed by atoms with E-state index in [1.54, 1.807) is 0 Å². The molecular weight excluding hydrogens is 126 g/mol. The highest BCUT2D eigenvalue weighted by Gasteiger charge is 2.13. The highest BCUT2D eigenvalue weighted by molar-refractivity contribution is 5.01. The molecule has 5 nitrogen and oxygen atoms in total. The molecule has 0 spiro atoms. The Labute approximate surface area is 50.3 Å². The monoisotopic (exact) mass is 129 g/mol. The first-order valence-corrected chi connectivity index (χ1v) is 2.15. The second kappa shape index (κ2) is 2.17. The molecule has 0 atom stereocenters. The number of nitro groups is 1. The van der Waals surface area contributed by atoms with Gasteiger partial charge in [-0.15, -0.1) is 0 Å². The van der Waals surface area contributed by atoms with Gasteiger partial charge in [0.25, 0.3) is 0 Å². The minimum Gasteiger partial charge on any atom is -0.292 e. The quantitative estimate of drug-likeness (QED) is 0.295. The van der Waals surface area contributed by atoms with Crippen molar-refractivity contribution >= 4 is 0 Å². The summed E-state index contributed by atoms with van der Waals surface area (Å²) in [5.41, 5.74) is 0. The van der Waals surface area contributed by atoms with Gasteiger partial charge in [0.1, 0.15) is 11.2 Å². The van der Waals surface area contributed by atoms with Gasteiger partial charge < -0.3 is 0 Å². The smallest absolute Gasteiger partial charge is 0.292 e. The Kier molecular flexibility index (Phi) is 1.35. The third kappa shape index (κ3) is 1.18. The van der Waals surface area contributed by atoms with Crippen LogP contribution >= 0.6 is 0 Å². The molecular formula is C4H3NO4. The van der Waals surface area contributed by atoms with Crippen molar-refractivity contribution in [2.45, 2.75) is 0 Å². The van der Waals surface area contributed by atoms with Gasteiger partial charge in [-0.25, -0.2) is 4.89 Å². The summed E-state index contributed by atoms with van der Waals surface area (Å²) in [5, 5.41) is 9.85. The zero-order valence-electron chi connectivity index (χ0n) is 4.31. The van der Waals surface area contributed by atoms with Crippen LogP contribution in [0.25, 0.3) is 0 Å². The molecule has 0 radical (unpaired) electrons. The van der Waals surface area contributed by atoms with Crippen molar-refractivity contribution in [1.29, 1.82) is 0 Å². The van der Waals surface area contributed by atoms with Crippen molar-refractivity contribution in [2.24, 2.45) is 0 Å². The first-order valence-electron chi connectivity index (χ1n) is 2.15. The van der Waals surface area contributed by atoms with E-state index in [1.165, 1.54) is 18.4 Å². The van der Waals surface area contributed by atoms with Crippen molar-refractivity contribution in [3.8, 4) is 0 Å². The average molecular weight is 129 g/mol. The molecule has 0 unspecified atom stereocenters. The topological polar surface area (TPSA) is 61.6 Å². The Morgan fingerprint density at radius 1 is 1.67 bits per heavy atom. The summed E-state index contributed by atoms with van der Waals surface area (Å²) in [7, 11) is 0. The molecule has 1 aliphatic rings. The molecule has 0 N–H and O–H groups in total. The molecule has 0 fully saturated rings. The maximum Gasteiger partial charge on any atom is 0.469 e. The standard InChI is InChI=1S/C4H3NO4/c6-5(7)4-2-1-3-8-9-4/h1-3H. The molecule has 0 amide bonds. The van der Waals surface area contributed by atoms with Gasteiger partial charge in [0, 0.05) is 0 Å². The number of allylic oxidation sites excluding steroid dienone is 2. The van der Waals surface area contributed by atoms with E-state index in [4.69, 9.17) is 0 Å². The van der Waals surface area contributed by atoms with Crippen LogP contribution in [0.15, 0.2) is 24.3 Å². The molecule has 1 aliphatic heterocycles. The lowest BCUT2D eigenvalue weighted by Crippen LogP contribution is -2.04. The Balaban J connectivity index is 2.68. The van der Waals surface area contributed by atoms with Crippen LogP contribution in [-0.2, 0) is 9.78 Å². The lowest BCUT2D eigenvalue weighted by molar-refractivity contribution is -0.501. The molecule has 0 bridgehead atoms. The summed E-state index contributed by atoms with van der Waals surface area (Å²) in [5.74, 6) is -0.405. The summed E-state index contributed by atoms with van der Waals surface area (Å²) in [4.78, 5) is 17.4. The molecule has 9 heavy (non-hydrogen) atoms. The van der Waals surface area contributed by atoms with E-state index in [0.717, 1.165) is 0 Å². The van der Waals surface area contributed by atoms with Crippen LogP contribution in [0.5, 0.6) is 0 Å². The lowest BCUT2D eigenvalue weighted by Gasteiger charge is -1.99. The first kappa shape index (κ1) is 5.61. The summed E-state index contributed by atoms with van der Waals surface area (Å²) < 4.78 is 0. The Bertz CT molecular complexity index is 183. The van der Waals surface area contributed by atoms with Crippen LogP contribution in [0, 0.1) is 10.1 Å². The van der Waals surface area contributed by atoms with E-state index in [-0.39, 0.29) is 0 Å². The second-order valence-corrected chi connectivity index (χ2v) is 1.27. The fraction of sp³-hybridized carbons (Fsp3) is 0. The lowest BCUT2D eigenvalue weighted by atomic mass is 10.5. The number of nitrogens with zero attached hydrogens (tertiary/aromatic N) is 1. The van der Waals surface area contributed by atoms with E-state index >= 15 is 0 Å². The Morgan fingerprint density at radius 3 is 2.78 bits per heavy atom. The van der Waals surface area contributed by atoms with E-state index in [9.17, 15) is 10.1 Å². The Hall–Kier alpha value is -1.52. The van der Waals surface area contributed by atoms with Crippen LogP contribution in [0.1, 0.15) is 0 Å². The molecule has 0 saturated heterocycles. The van der Waals surface area contributed by atoms with Crippen LogP contribution < -0.4 is 0 Å². The van der Waals surface area contributed by atoms with Crippen LogP contribution in [-0.4, -0.2) is 4.92 Å². The molecule has 0 aromatic carbocycles. The molecule has 0 aromatic rings. The zero-order chi connectivity index (χ0) is 6.69. The fourth-order valence-electron chi connectivity index (χ4n) is 0.350. The van der Waals surface area contributed by atoms with Crippen LogP contribution in [0.3, 0.4) is 0 Å². The molecule has 1 rings (SSSR count). The normalized spacial score (nSPS) is 15.3. The van der Waals surface area contributed by atoms with Crippen molar-refractivity contribution in [1.82, 2.24) is 0 Å². The fourth-order valence-corrected chi connectivity index (χ4v) is 0.350. The highest BCUT2D eigenvalue weighted by Crippen LogP contribution is 2.04. The maximum absolute atomic E-state index is 9.85. The highest BCUT2D eigenvalue weighted by atomic mass is 17.2. The van der Waals surface area contributed by atoms with E-state index in [1.807, 2.05) is 0 Å². The second-order valence-electron chi connectivity index (χ2n) is 1.27. The third-order valence-electron chi connectivity index (χ3n) is 0.686. The zero-order valence-corrected chi connectivity index (χ0v) is 4.31. The summed E-state index contributed by atoms with van der Waals surface area (Å²) in [6.07, 6.45) is 3.78. The van der Waals surface area contributed by atoms with Crippen molar-refractivity contribution in [3.05, 3.63) is 34.4 Å². The Morgan fingerprint density at radius 2 is 2.44 bits per heavy atom. The molecule has 0 saturated carbocycles. The summed E-state index contributed by atoms with van der Waals surface area (Å²) >= 11 is 0. The number of rotatable bonds is 1. The maximum atomic E-state index is 9.85. The van der Waals surface area contributed by atoms with Gasteiger partial charge in [-0.1, -0.05) is 0 Å². The van der Waals surface area contributed by atoms with Crippen molar-refractivity contribution in [2.75, 3.05) is 0 Å². The van der Waals surface area contributed by atoms with Gasteiger partial charge in [-0.2, -0.15) is 0 Å². The number of hydrogen-bond acceptors (Lipinski definition) is 4. The van der Waals surface area contributed by atoms with Gasteiger partial charge in [0.05, 0.1) is 6.08 Å². The first-order chi connectivity index (χ1) is 4.30. The molecule has 48 valence electrons. The van der Waals surface area contributed by atoms with Gasteiger partial charge >= 0.3 is 5.88 Å². The average Bonchev–Trinajstić information content (AvgIpc) is 1.90. The summed E-state index contributed by atoms with van der Waals surface area (Å²) in [6, 6.07) is 0. The van der Waals surface area contributed by atoms with Crippen molar-refractivity contribution < 1.29 is 14.7 Å². The van der Waals surface area contributed by atoms with Gasteiger partial charge in [-0.3, -0.25) is 15.0 Å². The predicted molar refractivity (Wildman–Crippen MR) is 26.4 cm³/mol. The molecule has 5 heteroatoms. The molecule has 0 aliphatic carbocycles. The van der Waals surface area contributed by atoms with Crippen LogP contribution in [0.4, 0.5) is 0 Å². The minimum absolute atomic E-state index is 0.405. The summed E-state index contributed by atoms with van der Waals surface area (Å²) in [6.45, 7) is 0. The van der Waals surface area contributed by atoms with E-state index < -0.39 is 10.8 Å². The van der Waals surface area contributed by atoms with Crippen LogP contribution in [0.2, 0.25) is 0 Å². The van der Waals surface area contributed by atoms with E-state index in [2.05, 4.69) is 9.78 Å². The molecule has 0 aromatic heterocycles. The minimum atomic E-state index is -0.677. The third-order valence-corrected chi connectivity index (χ3v) is 0.686. The van der Waals surface area contributed by atoms with Gasteiger partial charge in [0.15, 0.2) is 0 Å². The van der Waals surface area contributed by atoms with Crippen molar-refractivity contribution in [3.63, 3.8) is 0 Å². The largest absolute Gasteiger partial charge is 0.469 e. The van der Waals surface area contributed by atoms with Gasteiger partial charge in [-0.05, 0) is 6.08 Å².